The van der Waals surface area contributed by atoms with Crippen LogP contribution in [-0.4, -0.2) is 67.7 Å². The van der Waals surface area contributed by atoms with Crippen molar-refractivity contribution in [1.29, 1.82) is 5.26 Å². The summed E-state index contributed by atoms with van der Waals surface area (Å²) in [4.78, 5) is 25.8. The lowest BCUT2D eigenvalue weighted by atomic mass is 9.80. The number of hydrogen-bond acceptors (Lipinski definition) is 8. The molecule has 0 amide bonds. The van der Waals surface area contributed by atoms with Crippen molar-refractivity contribution in [3.05, 3.63) is 0 Å². The van der Waals surface area contributed by atoms with Gasteiger partial charge in [-0.05, 0) is 39.0 Å². The van der Waals surface area contributed by atoms with Crippen molar-refractivity contribution >= 4 is 33.8 Å². The van der Waals surface area contributed by atoms with Crippen LogP contribution >= 0.6 is 23.5 Å². The normalized spacial score (nSPS) is 14.6. The third-order valence-electron chi connectivity index (χ3n) is 4.17. The molecule has 0 aliphatic rings. The molecule has 0 saturated carbocycles. The number of carbonyl (C=O) groups is 2. The van der Waals surface area contributed by atoms with Crippen LogP contribution in [0.5, 0.6) is 0 Å². The summed E-state index contributed by atoms with van der Waals surface area (Å²) in [5.74, 6) is 1.31. The van der Waals surface area contributed by atoms with E-state index >= 15 is 0 Å². The fourth-order valence-corrected chi connectivity index (χ4v) is 4.83. The summed E-state index contributed by atoms with van der Waals surface area (Å²) in [6.07, 6.45) is -0.149. The molecule has 0 aliphatic carbocycles. The molecule has 0 aromatic rings. The fourth-order valence-electron chi connectivity index (χ4n) is 3.18. The van der Waals surface area contributed by atoms with Gasteiger partial charge in [-0.3, -0.25) is 14.5 Å². The molecule has 0 heterocycles. The van der Waals surface area contributed by atoms with Gasteiger partial charge in [-0.15, -0.1) is 0 Å². The van der Waals surface area contributed by atoms with Gasteiger partial charge < -0.3 is 10.2 Å². The Morgan fingerprint density at radius 2 is 1.68 bits per heavy atom. The lowest BCUT2D eigenvalue weighted by Gasteiger charge is -2.44. The quantitative estimate of drug-likeness (QED) is 0.338. The van der Waals surface area contributed by atoms with Crippen LogP contribution in [0.15, 0.2) is 0 Å². The molecular formula is C20H36N2O4S2. The second-order valence-corrected chi connectivity index (χ2v) is 10.8. The number of nitriles is 1. The maximum absolute atomic E-state index is 12.1. The highest BCUT2D eigenvalue weighted by molar-refractivity contribution is 8.15. The Morgan fingerprint density at radius 3 is 2.18 bits per heavy atom. The van der Waals surface area contributed by atoms with Crippen molar-refractivity contribution in [1.82, 2.24) is 4.90 Å². The maximum atomic E-state index is 12.1. The van der Waals surface area contributed by atoms with Gasteiger partial charge in [0.15, 0.2) is 16.3 Å². The van der Waals surface area contributed by atoms with E-state index in [2.05, 4.69) is 13.8 Å². The Bertz CT molecular complexity index is 545. The van der Waals surface area contributed by atoms with E-state index in [0.717, 1.165) is 12.2 Å². The van der Waals surface area contributed by atoms with E-state index in [1.54, 1.807) is 6.92 Å². The zero-order valence-electron chi connectivity index (χ0n) is 18.0. The van der Waals surface area contributed by atoms with Gasteiger partial charge in [0.05, 0.1) is 18.6 Å². The van der Waals surface area contributed by atoms with Gasteiger partial charge in [0.25, 0.3) is 0 Å². The zero-order valence-corrected chi connectivity index (χ0v) is 19.7. The summed E-state index contributed by atoms with van der Waals surface area (Å²) in [7, 11) is 0. The van der Waals surface area contributed by atoms with Crippen LogP contribution in [0.3, 0.4) is 0 Å². The van der Waals surface area contributed by atoms with Crippen molar-refractivity contribution in [3.63, 3.8) is 0 Å². The second kappa shape index (κ2) is 12.9. The van der Waals surface area contributed by atoms with E-state index in [1.165, 1.54) is 23.5 Å². The summed E-state index contributed by atoms with van der Waals surface area (Å²) in [5, 5.41) is 28.3. The van der Waals surface area contributed by atoms with Gasteiger partial charge >= 0.3 is 0 Å². The van der Waals surface area contributed by atoms with Gasteiger partial charge in [-0.2, -0.15) is 5.26 Å². The van der Waals surface area contributed by atoms with Crippen molar-refractivity contribution in [2.45, 2.75) is 78.6 Å². The van der Waals surface area contributed by atoms with Crippen LogP contribution in [0.25, 0.3) is 0 Å². The summed E-state index contributed by atoms with van der Waals surface area (Å²) >= 11 is 2.40. The molecule has 0 bridgehead atoms. The van der Waals surface area contributed by atoms with E-state index in [9.17, 15) is 19.8 Å². The minimum Gasteiger partial charge on any atom is -0.392 e. The predicted molar refractivity (Wildman–Crippen MR) is 117 cm³/mol. The summed E-state index contributed by atoms with van der Waals surface area (Å²) < 4.78 is 0. The molecule has 0 fully saturated rings. The molecule has 28 heavy (non-hydrogen) atoms. The minimum absolute atomic E-state index is 0.0443. The molecular weight excluding hydrogens is 396 g/mol. The molecule has 2 atom stereocenters. The topological polar surface area (TPSA) is 102 Å². The lowest BCUT2D eigenvalue weighted by Crippen LogP contribution is -2.52. The van der Waals surface area contributed by atoms with E-state index in [1.807, 2.05) is 31.7 Å². The molecule has 0 spiro atoms. The van der Waals surface area contributed by atoms with Crippen molar-refractivity contribution in [2.75, 3.05) is 24.6 Å². The number of hydrogen-bond donors (Lipinski definition) is 2. The summed E-state index contributed by atoms with van der Waals surface area (Å²) in [5.41, 5.74) is -0.604. The first-order valence-corrected chi connectivity index (χ1v) is 11.6. The van der Waals surface area contributed by atoms with Crippen LogP contribution < -0.4 is 0 Å². The van der Waals surface area contributed by atoms with Gasteiger partial charge in [0.2, 0.25) is 0 Å². The van der Waals surface area contributed by atoms with E-state index in [0.29, 0.717) is 18.7 Å². The number of carbonyl (C=O) groups excluding carboxylic acids is 2. The first-order valence-electron chi connectivity index (χ1n) is 9.65. The maximum Gasteiger partial charge on any atom is 0.197 e. The summed E-state index contributed by atoms with van der Waals surface area (Å²) in [6, 6.07) is 1.83. The highest BCUT2D eigenvalue weighted by Crippen LogP contribution is 2.35. The Hall–Kier alpha value is -0.590. The minimum atomic E-state index is -1.12. The van der Waals surface area contributed by atoms with Crippen LogP contribution in [-0.2, 0) is 9.59 Å². The molecule has 0 radical (unpaired) electrons. The van der Waals surface area contributed by atoms with Crippen LogP contribution in [0.2, 0.25) is 0 Å². The molecule has 2 unspecified atom stereocenters. The Balaban J connectivity index is 4.85. The molecule has 0 aromatic carbocycles. The number of thioether (sulfide) groups is 2. The Kier molecular flexibility index (Phi) is 12.6. The van der Waals surface area contributed by atoms with Gasteiger partial charge in [-0.1, -0.05) is 44.3 Å². The van der Waals surface area contributed by atoms with Crippen LogP contribution in [0.4, 0.5) is 0 Å². The highest BCUT2D eigenvalue weighted by Gasteiger charge is 2.35. The average molecular weight is 433 g/mol. The van der Waals surface area contributed by atoms with Gasteiger partial charge in [0.1, 0.15) is 0 Å². The molecule has 0 aromatic heterocycles. The van der Waals surface area contributed by atoms with E-state index in [-0.39, 0.29) is 28.6 Å². The van der Waals surface area contributed by atoms with E-state index in [4.69, 9.17) is 5.26 Å². The number of rotatable bonds is 13. The lowest BCUT2D eigenvalue weighted by molar-refractivity contribution is -0.117. The summed E-state index contributed by atoms with van der Waals surface area (Å²) in [6.45, 7) is 12.3. The Labute approximate surface area is 178 Å². The van der Waals surface area contributed by atoms with Gasteiger partial charge in [0, 0.05) is 30.1 Å². The zero-order chi connectivity index (χ0) is 22.0. The number of aliphatic hydroxyl groups excluding tert-OH is 2. The molecule has 162 valence electrons. The van der Waals surface area contributed by atoms with Gasteiger partial charge in [-0.25, -0.2) is 0 Å². The molecule has 6 nitrogen and oxygen atoms in total. The van der Waals surface area contributed by atoms with Crippen molar-refractivity contribution in [3.8, 4) is 6.07 Å². The first kappa shape index (κ1) is 27.4. The van der Waals surface area contributed by atoms with Crippen LogP contribution in [0, 0.1) is 16.7 Å². The standard InChI is InChI=1S/C20H36N2O4S2/c1-7-8-27-17(25)9-18(26)28-14-19(3,4)13-20(5,6)22(11-15(2)23)12-16(24)10-21/h15-16,23-24H,7-9,11-14H2,1-6H3. The van der Waals surface area contributed by atoms with Crippen molar-refractivity contribution in [2.24, 2.45) is 5.41 Å². The monoisotopic (exact) mass is 432 g/mol. The Morgan fingerprint density at radius 1 is 1.11 bits per heavy atom. The molecule has 0 rings (SSSR count). The fraction of sp³-hybridized carbons (Fsp3) is 0.850. The highest BCUT2D eigenvalue weighted by atomic mass is 32.2. The van der Waals surface area contributed by atoms with Crippen molar-refractivity contribution < 1.29 is 19.8 Å². The third-order valence-corrected chi connectivity index (χ3v) is 6.64. The number of β-amino-alcohol motifs (C(OH)–C–C–N with tert-alkyl or cyclic N) is 2. The predicted octanol–water partition coefficient (Wildman–Crippen LogP) is 3.07. The van der Waals surface area contributed by atoms with E-state index < -0.39 is 17.7 Å². The number of nitrogens with zero attached hydrogens (tertiary/aromatic N) is 2. The molecule has 0 saturated heterocycles. The molecule has 8 heteroatoms. The largest absolute Gasteiger partial charge is 0.392 e. The SMILES string of the molecule is CCCSC(=O)CC(=O)SCC(C)(C)CC(C)(C)N(CC(C)O)CC(O)C#N. The molecule has 0 aliphatic heterocycles. The second-order valence-electron chi connectivity index (χ2n) is 8.61. The van der Waals surface area contributed by atoms with Crippen LogP contribution in [0.1, 0.15) is 60.8 Å². The third kappa shape index (κ3) is 12.1. The first-order chi connectivity index (χ1) is 12.8. The number of aliphatic hydroxyl groups is 2. The molecule has 2 N–H and O–H groups in total. The smallest absolute Gasteiger partial charge is 0.197 e. The average Bonchev–Trinajstić information content (AvgIpc) is 2.56.